The van der Waals surface area contributed by atoms with E-state index in [-0.39, 0.29) is 6.09 Å². The summed E-state index contributed by atoms with van der Waals surface area (Å²) in [5.74, 6) is 1.83. The Hall–Kier alpha value is -1.52. The van der Waals surface area contributed by atoms with Crippen LogP contribution in [0.3, 0.4) is 0 Å². The van der Waals surface area contributed by atoms with Gasteiger partial charge in [0.25, 0.3) is 0 Å². The van der Waals surface area contributed by atoms with E-state index in [0.717, 1.165) is 13.1 Å². The van der Waals surface area contributed by atoms with Crippen molar-refractivity contribution < 1.29 is 9.53 Å². The number of hydrogen-bond donors (Lipinski definition) is 0. The van der Waals surface area contributed by atoms with Crippen LogP contribution in [0.25, 0.3) is 0 Å². The summed E-state index contributed by atoms with van der Waals surface area (Å²) in [6.45, 7) is 2.78. The molecule has 16 heavy (non-hydrogen) atoms. The van der Waals surface area contributed by atoms with Crippen molar-refractivity contribution in [1.29, 1.82) is 0 Å². The first-order valence-electron chi connectivity index (χ1n) is 5.77. The van der Waals surface area contributed by atoms with Gasteiger partial charge in [-0.1, -0.05) is 0 Å². The highest BCUT2D eigenvalue weighted by molar-refractivity contribution is 5.69. The minimum atomic E-state index is -0.187. The summed E-state index contributed by atoms with van der Waals surface area (Å²) in [5, 5.41) is 0. The lowest BCUT2D eigenvalue weighted by atomic mass is 10.4. The van der Waals surface area contributed by atoms with Gasteiger partial charge in [0.1, 0.15) is 12.4 Å². The lowest BCUT2D eigenvalue weighted by molar-refractivity contribution is 0.157. The van der Waals surface area contributed by atoms with Crippen molar-refractivity contribution in [2.45, 2.75) is 25.3 Å². The molecule has 1 aromatic heterocycles. The number of carbonyl (C=O) groups is 1. The monoisotopic (exact) mass is 221 g/mol. The highest BCUT2D eigenvalue weighted by Gasteiger charge is 2.28. The van der Waals surface area contributed by atoms with Crippen molar-refractivity contribution in [3.05, 3.63) is 18.2 Å². The van der Waals surface area contributed by atoms with E-state index in [9.17, 15) is 4.79 Å². The van der Waals surface area contributed by atoms with Crippen LogP contribution in [-0.4, -0.2) is 40.2 Å². The molecule has 0 spiro atoms. The average Bonchev–Trinajstić information content (AvgIpc) is 2.88. The smallest absolute Gasteiger partial charge is 0.410 e. The second-order valence-corrected chi connectivity index (χ2v) is 4.35. The predicted molar refractivity (Wildman–Crippen MR) is 57.1 cm³/mol. The topological polar surface area (TPSA) is 47.4 Å². The molecule has 5 heteroatoms. The molecule has 2 aliphatic rings. The van der Waals surface area contributed by atoms with Crippen LogP contribution < -0.4 is 0 Å². The normalized spacial score (nSPS) is 20.2. The summed E-state index contributed by atoms with van der Waals surface area (Å²) < 4.78 is 7.04. The SMILES string of the molecule is O=C1OCCN1CCn1ccnc1C1CC1. The van der Waals surface area contributed by atoms with E-state index in [1.165, 1.54) is 18.7 Å². The minimum absolute atomic E-state index is 0.187. The van der Waals surface area contributed by atoms with Gasteiger partial charge in [0.05, 0.1) is 6.54 Å². The molecular formula is C11H15N3O2. The van der Waals surface area contributed by atoms with Crippen LogP contribution in [-0.2, 0) is 11.3 Å². The lowest BCUT2D eigenvalue weighted by Crippen LogP contribution is -2.28. The Bertz CT molecular complexity index is 398. The number of cyclic esters (lactones) is 1. The number of aromatic nitrogens is 2. The Balaban J connectivity index is 1.61. The van der Waals surface area contributed by atoms with Crippen LogP contribution in [0.5, 0.6) is 0 Å². The zero-order valence-electron chi connectivity index (χ0n) is 9.13. The fourth-order valence-corrected chi connectivity index (χ4v) is 2.07. The molecule has 5 nitrogen and oxygen atoms in total. The van der Waals surface area contributed by atoms with Crippen LogP contribution in [0.15, 0.2) is 12.4 Å². The highest BCUT2D eigenvalue weighted by Crippen LogP contribution is 2.38. The summed E-state index contributed by atoms with van der Waals surface area (Å²) in [6, 6.07) is 0. The molecule has 1 aliphatic heterocycles. The van der Waals surface area contributed by atoms with Crippen molar-refractivity contribution in [3.8, 4) is 0 Å². The van der Waals surface area contributed by atoms with Gasteiger partial charge in [0, 0.05) is 31.4 Å². The molecule has 1 saturated heterocycles. The third-order valence-corrected chi connectivity index (χ3v) is 3.15. The summed E-state index contributed by atoms with van der Waals surface area (Å²) in [5.41, 5.74) is 0. The number of amides is 1. The molecule has 3 rings (SSSR count). The van der Waals surface area contributed by atoms with Gasteiger partial charge in [0.2, 0.25) is 0 Å². The van der Waals surface area contributed by atoms with Gasteiger partial charge in [-0.15, -0.1) is 0 Å². The van der Waals surface area contributed by atoms with Crippen LogP contribution in [0.2, 0.25) is 0 Å². The van der Waals surface area contributed by atoms with Gasteiger partial charge in [-0.3, -0.25) is 0 Å². The maximum Gasteiger partial charge on any atom is 0.410 e. The summed E-state index contributed by atoms with van der Waals surface area (Å²) in [4.78, 5) is 17.4. The van der Waals surface area contributed by atoms with Crippen molar-refractivity contribution in [2.75, 3.05) is 19.7 Å². The number of imidazole rings is 1. The molecule has 86 valence electrons. The summed E-state index contributed by atoms with van der Waals surface area (Å²) >= 11 is 0. The van der Waals surface area contributed by atoms with Crippen molar-refractivity contribution >= 4 is 6.09 Å². The maximum absolute atomic E-state index is 11.2. The zero-order chi connectivity index (χ0) is 11.0. The second-order valence-electron chi connectivity index (χ2n) is 4.35. The van der Waals surface area contributed by atoms with Gasteiger partial charge >= 0.3 is 6.09 Å². The van der Waals surface area contributed by atoms with Gasteiger partial charge in [-0.25, -0.2) is 9.78 Å². The van der Waals surface area contributed by atoms with Crippen molar-refractivity contribution in [1.82, 2.24) is 14.5 Å². The van der Waals surface area contributed by atoms with Crippen molar-refractivity contribution in [2.24, 2.45) is 0 Å². The first-order valence-corrected chi connectivity index (χ1v) is 5.77. The summed E-state index contributed by atoms with van der Waals surface area (Å²) in [7, 11) is 0. The molecule has 0 radical (unpaired) electrons. The number of carbonyl (C=O) groups excluding carboxylic acids is 1. The standard InChI is InChI=1S/C11H15N3O2/c15-11-14(7-8-16-11)6-5-13-4-3-12-10(13)9-1-2-9/h3-4,9H,1-2,5-8H2. The van der Waals surface area contributed by atoms with Crippen LogP contribution in [0.4, 0.5) is 4.79 Å². The van der Waals surface area contributed by atoms with Crippen LogP contribution in [0.1, 0.15) is 24.6 Å². The molecular weight excluding hydrogens is 206 g/mol. The second kappa shape index (κ2) is 3.81. The predicted octanol–water partition coefficient (Wildman–Crippen LogP) is 1.21. The molecule has 1 saturated carbocycles. The Kier molecular flexibility index (Phi) is 2.31. The molecule has 2 heterocycles. The quantitative estimate of drug-likeness (QED) is 0.767. The number of rotatable bonds is 4. The fourth-order valence-electron chi connectivity index (χ4n) is 2.07. The Labute approximate surface area is 94.0 Å². The van der Waals surface area contributed by atoms with E-state index in [1.807, 2.05) is 12.4 Å². The molecule has 2 fully saturated rings. The number of ether oxygens (including phenoxy) is 1. The molecule has 0 bridgehead atoms. The van der Waals surface area contributed by atoms with E-state index in [0.29, 0.717) is 19.1 Å². The van der Waals surface area contributed by atoms with Gasteiger partial charge in [0.15, 0.2) is 0 Å². The molecule has 1 aliphatic carbocycles. The molecule has 1 aromatic rings. The maximum atomic E-state index is 11.2. The molecule has 0 aromatic carbocycles. The Morgan fingerprint density at radius 2 is 2.31 bits per heavy atom. The van der Waals surface area contributed by atoms with Gasteiger partial charge in [-0.05, 0) is 12.8 Å². The summed E-state index contributed by atoms with van der Waals surface area (Å²) in [6.07, 6.45) is 6.16. The van der Waals surface area contributed by atoms with Gasteiger partial charge in [-0.2, -0.15) is 0 Å². The van der Waals surface area contributed by atoms with Crippen LogP contribution in [0, 0.1) is 0 Å². The van der Waals surface area contributed by atoms with E-state index < -0.39 is 0 Å². The number of nitrogens with zero attached hydrogens (tertiary/aromatic N) is 3. The van der Waals surface area contributed by atoms with Crippen molar-refractivity contribution in [3.63, 3.8) is 0 Å². The largest absolute Gasteiger partial charge is 0.448 e. The molecule has 1 amide bonds. The van der Waals surface area contributed by atoms with E-state index in [4.69, 9.17) is 4.74 Å². The van der Waals surface area contributed by atoms with E-state index >= 15 is 0 Å². The fraction of sp³-hybridized carbons (Fsp3) is 0.636. The van der Waals surface area contributed by atoms with E-state index in [2.05, 4.69) is 9.55 Å². The minimum Gasteiger partial charge on any atom is -0.448 e. The van der Waals surface area contributed by atoms with Gasteiger partial charge < -0.3 is 14.2 Å². The third-order valence-electron chi connectivity index (χ3n) is 3.15. The van der Waals surface area contributed by atoms with E-state index in [1.54, 1.807) is 4.90 Å². The molecule has 0 atom stereocenters. The molecule has 0 unspecified atom stereocenters. The zero-order valence-corrected chi connectivity index (χ0v) is 9.13. The first kappa shape index (κ1) is 9.69. The third kappa shape index (κ3) is 1.77. The van der Waals surface area contributed by atoms with Crippen LogP contribution >= 0.6 is 0 Å². The highest BCUT2D eigenvalue weighted by atomic mass is 16.6. The molecule has 0 N–H and O–H groups in total. The Morgan fingerprint density at radius 3 is 3.00 bits per heavy atom. The lowest BCUT2D eigenvalue weighted by Gasteiger charge is -2.14. The average molecular weight is 221 g/mol. The Morgan fingerprint density at radius 1 is 1.44 bits per heavy atom. The number of hydrogen-bond acceptors (Lipinski definition) is 3. The first-order chi connectivity index (χ1) is 7.84.